The van der Waals surface area contributed by atoms with Crippen LogP contribution in [0.2, 0.25) is 0 Å². The van der Waals surface area contributed by atoms with Gasteiger partial charge in [-0.15, -0.1) is 0 Å². The molecule has 1 heterocycles. The summed E-state index contributed by atoms with van der Waals surface area (Å²) in [6.07, 6.45) is 3.16. The average Bonchev–Trinajstić information content (AvgIpc) is 1.23. The number of hydrogen-bond donors (Lipinski definition) is 0. The Morgan fingerprint density at radius 2 is 2.43 bits per heavy atom. The summed E-state index contributed by atoms with van der Waals surface area (Å²) in [6.45, 7) is 0.451. The van der Waals surface area contributed by atoms with E-state index >= 15 is 0 Å². The summed E-state index contributed by atoms with van der Waals surface area (Å²) < 4.78 is 0. The summed E-state index contributed by atoms with van der Waals surface area (Å²) in [5.74, 6) is 0. The summed E-state index contributed by atoms with van der Waals surface area (Å²) in [6, 6.07) is 0. The highest BCUT2D eigenvalue weighted by Gasteiger charge is 2.13. The van der Waals surface area contributed by atoms with Crippen LogP contribution >= 0.6 is 0 Å². The van der Waals surface area contributed by atoms with Gasteiger partial charge in [-0.1, -0.05) is 5.01 Å². The summed E-state index contributed by atoms with van der Waals surface area (Å²) in [5, 5.41) is 10.2. The molecule has 0 unspecified atom stereocenters. The highest BCUT2D eigenvalue weighted by Crippen LogP contribution is 1.98. The maximum atomic E-state index is 9.66. The molecule has 0 N–H and O–H groups in total. The molecule has 1 aliphatic rings. The topological polar surface area (TPSA) is 46.4 Å². The molecule has 4 heteroatoms. The minimum absolute atomic E-state index is 0.444. The lowest BCUT2D eigenvalue weighted by Crippen LogP contribution is -2.30. The Bertz CT molecular complexity index is 120. The van der Waals surface area contributed by atoms with E-state index in [1.165, 1.54) is 6.20 Å². The van der Waals surface area contributed by atoms with Crippen molar-refractivity contribution in [2.75, 3.05) is 6.54 Å². The third-order valence-corrected chi connectivity index (χ3v) is 0.780. The second-order valence-electron chi connectivity index (χ2n) is 1.24. The molecule has 0 bridgehead atoms. The summed E-state index contributed by atoms with van der Waals surface area (Å²) in [5.41, 5.74) is 0. The van der Waals surface area contributed by atoms with Gasteiger partial charge in [-0.2, -0.15) is 0 Å². The van der Waals surface area contributed by atoms with Gasteiger partial charge < -0.3 is 0 Å². The summed E-state index contributed by atoms with van der Waals surface area (Å²) in [7, 11) is 0. The van der Waals surface area contributed by atoms with Crippen molar-refractivity contribution in [3.05, 3.63) is 22.4 Å². The van der Waals surface area contributed by atoms with E-state index in [0.717, 1.165) is 5.01 Å². The van der Waals surface area contributed by atoms with Crippen LogP contribution in [0.3, 0.4) is 0 Å². The molecule has 0 saturated heterocycles. The van der Waals surface area contributed by atoms with Crippen molar-refractivity contribution in [1.29, 1.82) is 0 Å². The van der Waals surface area contributed by atoms with Gasteiger partial charge in [0.1, 0.15) is 6.54 Å². The quantitative estimate of drug-likeness (QED) is 0.344. The minimum atomic E-state index is -0.444. The van der Waals surface area contributed by atoms with Crippen molar-refractivity contribution in [3.8, 4) is 0 Å². The van der Waals surface area contributed by atoms with Crippen LogP contribution in [0.4, 0.5) is 0 Å². The molecular weight excluding hydrogens is 96.0 g/mol. The van der Waals surface area contributed by atoms with E-state index in [1.54, 1.807) is 6.08 Å². The van der Waals surface area contributed by atoms with E-state index in [-0.39, 0.29) is 0 Å². The average molecular weight is 100 g/mol. The molecule has 0 radical (unpaired) electrons. The van der Waals surface area contributed by atoms with Gasteiger partial charge >= 0.3 is 0 Å². The molecule has 0 aromatic heterocycles. The minimum Gasteiger partial charge on any atom is -0.234 e. The van der Waals surface area contributed by atoms with Crippen LogP contribution in [0.5, 0.6) is 0 Å². The van der Waals surface area contributed by atoms with Crippen molar-refractivity contribution >= 4 is 0 Å². The number of hydrazine groups is 1. The Labute approximate surface area is 40.2 Å². The monoisotopic (exact) mass is 100 g/mol. The van der Waals surface area contributed by atoms with E-state index in [9.17, 15) is 10.1 Å². The Balaban J connectivity index is 2.44. The smallest absolute Gasteiger partial charge is 0.164 e. The van der Waals surface area contributed by atoms with Crippen molar-refractivity contribution in [2.24, 2.45) is 0 Å². The van der Waals surface area contributed by atoms with Crippen LogP contribution in [-0.2, 0) is 0 Å². The molecule has 1 rings (SSSR count). The Hall–Kier alpha value is -1.06. The molecule has 1 aliphatic heterocycles. The molecule has 7 heavy (non-hydrogen) atoms. The standard InChI is InChI=1S/C3H4N2O2/c6-5(7)4-2-1-3-4/h1-2H,3H2. The molecule has 0 fully saturated rings. The maximum absolute atomic E-state index is 9.66. The molecule has 0 amide bonds. The summed E-state index contributed by atoms with van der Waals surface area (Å²) >= 11 is 0. The lowest BCUT2D eigenvalue weighted by Gasteiger charge is -2.11. The first-order chi connectivity index (χ1) is 3.30. The zero-order valence-electron chi connectivity index (χ0n) is 3.57. The highest BCUT2D eigenvalue weighted by molar-refractivity contribution is 4.91. The van der Waals surface area contributed by atoms with Gasteiger partial charge in [0.15, 0.2) is 5.03 Å². The number of nitrogens with zero attached hydrogens (tertiary/aromatic N) is 2. The Morgan fingerprint density at radius 3 is 2.43 bits per heavy atom. The molecule has 0 aromatic carbocycles. The van der Waals surface area contributed by atoms with Crippen molar-refractivity contribution in [2.45, 2.75) is 0 Å². The second kappa shape index (κ2) is 1.22. The van der Waals surface area contributed by atoms with Gasteiger partial charge in [-0.3, -0.25) is 0 Å². The van der Waals surface area contributed by atoms with Crippen molar-refractivity contribution in [1.82, 2.24) is 5.01 Å². The number of rotatable bonds is 1. The van der Waals surface area contributed by atoms with Gasteiger partial charge in [-0.05, 0) is 6.08 Å². The molecule has 0 atom stereocenters. The Morgan fingerprint density at radius 1 is 1.86 bits per heavy atom. The van der Waals surface area contributed by atoms with Crippen LogP contribution in [0, 0.1) is 10.1 Å². The van der Waals surface area contributed by atoms with Crippen LogP contribution < -0.4 is 0 Å². The normalized spacial score (nSPS) is 16.3. The zero-order chi connectivity index (χ0) is 5.28. The van der Waals surface area contributed by atoms with E-state index in [0.29, 0.717) is 6.54 Å². The third kappa shape index (κ3) is 0.534. The first-order valence-corrected chi connectivity index (χ1v) is 1.88. The lowest BCUT2D eigenvalue weighted by molar-refractivity contribution is -0.642. The maximum Gasteiger partial charge on any atom is 0.164 e. The largest absolute Gasteiger partial charge is 0.234 e. The SMILES string of the molecule is O=[N+]([O-])N1C=CC1. The fraction of sp³-hybridized carbons (Fsp3) is 0.333. The highest BCUT2D eigenvalue weighted by atomic mass is 16.7. The first kappa shape index (κ1) is 4.11. The molecular formula is C3H4N2O2. The van der Waals surface area contributed by atoms with Gasteiger partial charge in [0.2, 0.25) is 0 Å². The van der Waals surface area contributed by atoms with Crippen LogP contribution in [0.1, 0.15) is 0 Å². The zero-order valence-corrected chi connectivity index (χ0v) is 3.57. The van der Waals surface area contributed by atoms with Gasteiger partial charge in [0, 0.05) is 0 Å². The molecule has 0 aromatic rings. The predicted octanol–water partition coefficient (Wildman–Crippen LogP) is 0.00740. The van der Waals surface area contributed by atoms with E-state index in [2.05, 4.69) is 0 Å². The van der Waals surface area contributed by atoms with Crippen molar-refractivity contribution in [3.63, 3.8) is 0 Å². The molecule has 0 saturated carbocycles. The number of hydrogen-bond acceptors (Lipinski definition) is 2. The molecule has 0 spiro atoms. The first-order valence-electron chi connectivity index (χ1n) is 1.88. The van der Waals surface area contributed by atoms with Gasteiger partial charge in [0.25, 0.3) is 0 Å². The predicted molar refractivity (Wildman–Crippen MR) is 22.8 cm³/mol. The van der Waals surface area contributed by atoms with E-state index in [1.807, 2.05) is 0 Å². The fourth-order valence-electron chi connectivity index (χ4n) is 0.321. The van der Waals surface area contributed by atoms with Gasteiger partial charge in [-0.25, -0.2) is 10.1 Å². The fourth-order valence-corrected chi connectivity index (χ4v) is 0.321. The van der Waals surface area contributed by atoms with E-state index < -0.39 is 5.03 Å². The second-order valence-corrected chi connectivity index (χ2v) is 1.24. The third-order valence-electron chi connectivity index (χ3n) is 0.780. The van der Waals surface area contributed by atoms with Crippen LogP contribution in [0.15, 0.2) is 12.3 Å². The van der Waals surface area contributed by atoms with E-state index in [4.69, 9.17) is 0 Å². The van der Waals surface area contributed by atoms with Crippen molar-refractivity contribution < 1.29 is 5.03 Å². The van der Waals surface area contributed by atoms with Gasteiger partial charge in [0.05, 0.1) is 6.20 Å². The number of nitro groups is 1. The summed E-state index contributed by atoms with van der Waals surface area (Å²) in [4.78, 5) is 9.66. The van der Waals surface area contributed by atoms with Crippen LogP contribution in [0.25, 0.3) is 0 Å². The molecule has 4 nitrogen and oxygen atoms in total. The molecule has 38 valence electrons. The lowest BCUT2D eigenvalue weighted by atomic mass is 10.4. The van der Waals surface area contributed by atoms with Crippen LogP contribution in [-0.4, -0.2) is 16.6 Å². The Kier molecular flexibility index (Phi) is 0.714. The molecule has 0 aliphatic carbocycles.